The first-order chi connectivity index (χ1) is 10.7. The Labute approximate surface area is 132 Å². The molecule has 0 saturated carbocycles. The standard InChI is InChI=1S/C16H18F3N3O/c1-10(20-15(23)14-9-11(2)21-22(14)3)8-12-6-4-5-7-13(12)16(17,18)19/h4-7,9-10H,8H2,1-3H3,(H,20,23)/t10-/m1/s1. The maximum atomic E-state index is 13.0. The number of hydrogen-bond donors (Lipinski definition) is 1. The van der Waals surface area contributed by atoms with E-state index in [1.165, 1.54) is 16.8 Å². The number of nitrogens with zero attached hydrogens (tertiary/aromatic N) is 2. The summed E-state index contributed by atoms with van der Waals surface area (Å²) >= 11 is 0. The molecule has 0 aliphatic heterocycles. The van der Waals surface area contributed by atoms with Gasteiger partial charge in [-0.05, 0) is 38.0 Å². The first-order valence-corrected chi connectivity index (χ1v) is 7.15. The smallest absolute Gasteiger partial charge is 0.348 e. The summed E-state index contributed by atoms with van der Waals surface area (Å²) < 4.78 is 40.4. The van der Waals surface area contributed by atoms with E-state index in [0.29, 0.717) is 11.4 Å². The molecule has 0 aliphatic rings. The van der Waals surface area contributed by atoms with Gasteiger partial charge in [-0.25, -0.2) is 0 Å². The van der Waals surface area contributed by atoms with Crippen LogP contribution in [0.3, 0.4) is 0 Å². The fourth-order valence-corrected chi connectivity index (χ4v) is 2.48. The average molecular weight is 325 g/mol. The number of halogens is 3. The molecule has 0 unspecified atom stereocenters. The van der Waals surface area contributed by atoms with Gasteiger partial charge >= 0.3 is 6.18 Å². The van der Waals surface area contributed by atoms with Crippen LogP contribution in [0.15, 0.2) is 30.3 Å². The van der Waals surface area contributed by atoms with E-state index in [-0.39, 0.29) is 17.9 Å². The minimum absolute atomic E-state index is 0.0955. The summed E-state index contributed by atoms with van der Waals surface area (Å²) in [6.07, 6.45) is -4.31. The van der Waals surface area contributed by atoms with E-state index in [0.717, 1.165) is 6.07 Å². The SMILES string of the molecule is Cc1cc(C(=O)N[C@H](C)Cc2ccccc2C(F)(F)F)n(C)n1. The molecule has 7 heteroatoms. The van der Waals surface area contributed by atoms with Crippen LogP contribution in [0, 0.1) is 6.92 Å². The summed E-state index contributed by atoms with van der Waals surface area (Å²) in [7, 11) is 1.64. The third-order valence-corrected chi connectivity index (χ3v) is 3.46. The van der Waals surface area contributed by atoms with Crippen molar-refractivity contribution >= 4 is 5.91 Å². The van der Waals surface area contributed by atoms with Crippen molar-refractivity contribution in [2.75, 3.05) is 0 Å². The van der Waals surface area contributed by atoms with Crippen LogP contribution in [0.4, 0.5) is 13.2 Å². The quantitative estimate of drug-likeness (QED) is 0.939. The molecule has 124 valence electrons. The number of carbonyl (C=O) groups excluding carboxylic acids is 1. The molecule has 23 heavy (non-hydrogen) atoms. The number of alkyl halides is 3. The molecule has 1 N–H and O–H groups in total. The van der Waals surface area contributed by atoms with E-state index in [2.05, 4.69) is 10.4 Å². The number of carbonyl (C=O) groups is 1. The lowest BCUT2D eigenvalue weighted by molar-refractivity contribution is -0.138. The normalized spacial score (nSPS) is 13.0. The largest absolute Gasteiger partial charge is 0.416 e. The maximum Gasteiger partial charge on any atom is 0.416 e. The number of benzene rings is 1. The third-order valence-electron chi connectivity index (χ3n) is 3.46. The van der Waals surface area contributed by atoms with Crippen LogP contribution in [-0.4, -0.2) is 21.7 Å². The molecule has 2 rings (SSSR count). The second kappa shape index (κ2) is 6.44. The molecule has 1 heterocycles. The highest BCUT2D eigenvalue weighted by Gasteiger charge is 2.33. The van der Waals surface area contributed by atoms with Crippen molar-refractivity contribution in [2.45, 2.75) is 32.5 Å². The number of aryl methyl sites for hydroxylation is 2. The summed E-state index contributed by atoms with van der Waals surface area (Å²) in [6, 6.07) is 6.58. The summed E-state index contributed by atoms with van der Waals surface area (Å²) in [6.45, 7) is 3.44. The van der Waals surface area contributed by atoms with Gasteiger partial charge in [0, 0.05) is 13.1 Å². The molecule has 0 bridgehead atoms. The van der Waals surface area contributed by atoms with Gasteiger partial charge < -0.3 is 5.32 Å². The van der Waals surface area contributed by atoms with E-state index >= 15 is 0 Å². The Morgan fingerprint density at radius 2 is 2.00 bits per heavy atom. The van der Waals surface area contributed by atoms with Gasteiger partial charge in [-0.3, -0.25) is 9.48 Å². The molecular weight excluding hydrogens is 307 g/mol. The highest BCUT2D eigenvalue weighted by atomic mass is 19.4. The predicted octanol–water partition coefficient (Wildman–Crippen LogP) is 3.11. The predicted molar refractivity (Wildman–Crippen MR) is 80.0 cm³/mol. The van der Waals surface area contributed by atoms with E-state index in [9.17, 15) is 18.0 Å². The Morgan fingerprint density at radius 1 is 1.35 bits per heavy atom. The van der Waals surface area contributed by atoms with Gasteiger partial charge in [-0.1, -0.05) is 18.2 Å². The minimum Gasteiger partial charge on any atom is -0.348 e. The van der Waals surface area contributed by atoms with Gasteiger partial charge in [-0.15, -0.1) is 0 Å². The lowest BCUT2D eigenvalue weighted by atomic mass is 10.0. The van der Waals surface area contributed by atoms with Crippen LogP contribution >= 0.6 is 0 Å². The molecule has 1 atom stereocenters. The van der Waals surface area contributed by atoms with Crippen LogP contribution in [-0.2, 0) is 19.6 Å². The Balaban J connectivity index is 2.10. The van der Waals surface area contributed by atoms with Gasteiger partial charge in [0.15, 0.2) is 0 Å². The molecule has 2 aromatic rings. The molecule has 1 aromatic carbocycles. The summed E-state index contributed by atoms with van der Waals surface area (Å²) in [5.74, 6) is -0.356. The zero-order valence-corrected chi connectivity index (χ0v) is 13.1. The summed E-state index contributed by atoms with van der Waals surface area (Å²) in [5.41, 5.74) is 0.567. The van der Waals surface area contributed by atoms with Crippen molar-refractivity contribution in [2.24, 2.45) is 7.05 Å². The topological polar surface area (TPSA) is 46.9 Å². The Bertz CT molecular complexity index is 707. The maximum absolute atomic E-state index is 13.0. The van der Waals surface area contributed by atoms with Gasteiger partial charge in [0.25, 0.3) is 5.91 Å². The minimum atomic E-state index is -4.40. The van der Waals surface area contributed by atoms with Crippen molar-refractivity contribution in [1.29, 1.82) is 0 Å². The van der Waals surface area contributed by atoms with Crippen LogP contribution in [0.1, 0.15) is 34.2 Å². The lowest BCUT2D eigenvalue weighted by Gasteiger charge is -2.17. The first-order valence-electron chi connectivity index (χ1n) is 7.15. The van der Waals surface area contributed by atoms with Crippen LogP contribution < -0.4 is 5.32 Å². The Hall–Kier alpha value is -2.31. The molecule has 0 fully saturated rings. The van der Waals surface area contributed by atoms with Gasteiger partial charge in [0.1, 0.15) is 5.69 Å². The fourth-order valence-electron chi connectivity index (χ4n) is 2.48. The van der Waals surface area contributed by atoms with Gasteiger partial charge in [-0.2, -0.15) is 18.3 Å². The molecule has 0 aliphatic carbocycles. The van der Waals surface area contributed by atoms with Crippen molar-refractivity contribution in [3.8, 4) is 0 Å². The number of rotatable bonds is 4. The molecule has 1 aromatic heterocycles. The molecule has 4 nitrogen and oxygen atoms in total. The third kappa shape index (κ3) is 4.12. The highest BCUT2D eigenvalue weighted by Crippen LogP contribution is 2.32. The first kappa shape index (κ1) is 17.1. The molecule has 0 radical (unpaired) electrons. The molecule has 0 spiro atoms. The molecule has 0 saturated heterocycles. The Kier molecular flexibility index (Phi) is 4.77. The summed E-state index contributed by atoms with van der Waals surface area (Å²) in [5, 5.41) is 6.79. The molecular formula is C16H18F3N3O. The second-order valence-electron chi connectivity index (χ2n) is 5.53. The number of aromatic nitrogens is 2. The van der Waals surface area contributed by atoms with Crippen LogP contribution in [0.2, 0.25) is 0 Å². The molecule has 1 amide bonds. The highest BCUT2D eigenvalue weighted by molar-refractivity contribution is 5.92. The van der Waals surface area contributed by atoms with Crippen molar-refractivity contribution in [3.63, 3.8) is 0 Å². The number of hydrogen-bond acceptors (Lipinski definition) is 2. The van der Waals surface area contributed by atoms with Crippen LogP contribution in [0.25, 0.3) is 0 Å². The monoisotopic (exact) mass is 325 g/mol. The summed E-state index contributed by atoms with van der Waals surface area (Å²) in [4.78, 5) is 12.2. The number of nitrogens with one attached hydrogen (secondary N) is 1. The van der Waals surface area contributed by atoms with Crippen LogP contribution in [0.5, 0.6) is 0 Å². The van der Waals surface area contributed by atoms with Gasteiger partial charge in [0.05, 0.1) is 11.3 Å². The average Bonchev–Trinajstić information content (AvgIpc) is 2.77. The van der Waals surface area contributed by atoms with E-state index in [4.69, 9.17) is 0 Å². The van der Waals surface area contributed by atoms with E-state index in [1.807, 2.05) is 0 Å². The van der Waals surface area contributed by atoms with Crippen molar-refractivity contribution in [3.05, 3.63) is 52.8 Å². The zero-order valence-electron chi connectivity index (χ0n) is 13.1. The number of amides is 1. The van der Waals surface area contributed by atoms with E-state index in [1.54, 1.807) is 33.0 Å². The van der Waals surface area contributed by atoms with Crippen molar-refractivity contribution < 1.29 is 18.0 Å². The lowest BCUT2D eigenvalue weighted by Crippen LogP contribution is -2.35. The zero-order chi connectivity index (χ0) is 17.2. The van der Waals surface area contributed by atoms with Crippen molar-refractivity contribution in [1.82, 2.24) is 15.1 Å². The fraction of sp³-hybridized carbons (Fsp3) is 0.375. The Morgan fingerprint density at radius 3 is 2.57 bits per heavy atom. The van der Waals surface area contributed by atoms with E-state index < -0.39 is 17.8 Å². The second-order valence-corrected chi connectivity index (χ2v) is 5.53. The van der Waals surface area contributed by atoms with Gasteiger partial charge in [0.2, 0.25) is 0 Å².